The van der Waals surface area contributed by atoms with Crippen molar-refractivity contribution in [1.82, 2.24) is 4.98 Å². The first-order valence-corrected chi connectivity index (χ1v) is 4.65. The summed E-state index contributed by atoms with van der Waals surface area (Å²) in [4.78, 5) is 3.73. The summed E-state index contributed by atoms with van der Waals surface area (Å²) in [7, 11) is -2.37. The molecule has 11 heavy (non-hydrogen) atoms. The molecule has 0 N–H and O–H groups in total. The lowest BCUT2D eigenvalue weighted by molar-refractivity contribution is 0.614. The molecule has 0 atom stereocenters. The molecule has 0 aliphatic heterocycles. The van der Waals surface area contributed by atoms with Crippen LogP contribution in [0.3, 0.4) is 0 Å². The van der Waals surface area contributed by atoms with Crippen LogP contribution in [0.15, 0.2) is 18.3 Å². The zero-order valence-corrected chi connectivity index (χ0v) is 7.18. The molecule has 1 aromatic heterocycles. The first kappa shape index (κ1) is 8.49. The average Bonchev–Trinajstić information content (AvgIpc) is 1.93. The van der Waals surface area contributed by atoms with Gasteiger partial charge in [-0.15, -0.1) is 0 Å². The van der Waals surface area contributed by atoms with Gasteiger partial charge in [0.1, 0.15) is 15.9 Å². The second-order valence-corrected chi connectivity index (χ2v) is 3.35. The molecule has 0 amide bonds. The minimum atomic E-state index is -2.37. The highest BCUT2D eigenvalue weighted by Crippen LogP contribution is 2.05. The first-order valence-electron chi connectivity index (χ1n) is 2.91. The molecule has 0 aromatic carbocycles. The van der Waals surface area contributed by atoms with Gasteiger partial charge in [0.25, 0.3) is 0 Å². The Morgan fingerprint density at radius 1 is 1.45 bits per heavy atom. The van der Waals surface area contributed by atoms with Crippen LogP contribution in [0, 0.1) is 0 Å². The third-order valence-corrected chi connectivity index (χ3v) is 1.95. The van der Waals surface area contributed by atoms with Crippen molar-refractivity contribution in [3.63, 3.8) is 0 Å². The van der Waals surface area contributed by atoms with Crippen molar-refractivity contribution in [2.75, 3.05) is 0 Å². The molecule has 1 aromatic rings. The van der Waals surface area contributed by atoms with Crippen molar-refractivity contribution < 1.29 is 8.42 Å². The van der Waals surface area contributed by atoms with Crippen LogP contribution in [0.5, 0.6) is 0 Å². The Morgan fingerprint density at radius 2 is 2.18 bits per heavy atom. The molecule has 0 bridgehead atoms. The third kappa shape index (κ3) is 2.86. The van der Waals surface area contributed by atoms with Gasteiger partial charge in [0.2, 0.25) is 0 Å². The third-order valence-electron chi connectivity index (χ3n) is 1.10. The van der Waals surface area contributed by atoms with Crippen molar-refractivity contribution in [2.24, 2.45) is 0 Å². The molecule has 0 fully saturated rings. The number of aromatic nitrogens is 1. The van der Waals surface area contributed by atoms with Gasteiger partial charge in [-0.2, -0.15) is 0 Å². The fourth-order valence-electron chi connectivity index (χ4n) is 0.649. The topological polar surface area (TPSA) is 47.0 Å². The molecule has 0 aliphatic carbocycles. The molecule has 0 aliphatic rings. The number of pyridine rings is 1. The van der Waals surface area contributed by atoms with Gasteiger partial charge >= 0.3 is 0 Å². The van der Waals surface area contributed by atoms with Crippen molar-refractivity contribution >= 4 is 22.3 Å². The van der Waals surface area contributed by atoms with Crippen LogP contribution >= 0.6 is 11.6 Å². The van der Waals surface area contributed by atoms with Gasteiger partial charge in [-0.3, -0.25) is 0 Å². The number of hydrogen-bond donors (Lipinski definition) is 1. The van der Waals surface area contributed by atoms with E-state index in [9.17, 15) is 8.42 Å². The summed E-state index contributed by atoms with van der Waals surface area (Å²) >= 11 is 5.49. The van der Waals surface area contributed by atoms with Crippen molar-refractivity contribution in [3.8, 4) is 0 Å². The highest BCUT2D eigenvalue weighted by molar-refractivity contribution is 7.71. The van der Waals surface area contributed by atoms with Gasteiger partial charge in [0, 0.05) is 6.20 Å². The largest absolute Gasteiger partial charge is 0.244 e. The molecule has 3 nitrogen and oxygen atoms in total. The van der Waals surface area contributed by atoms with Crippen LogP contribution in [0.1, 0.15) is 5.56 Å². The molecule has 0 unspecified atom stereocenters. The predicted octanol–water partition coefficient (Wildman–Crippen LogP) is 0.846. The predicted molar refractivity (Wildman–Crippen MR) is 43.3 cm³/mol. The lowest BCUT2D eigenvalue weighted by atomic mass is 10.3. The summed E-state index contributed by atoms with van der Waals surface area (Å²) in [6.07, 6.45) is 1.45. The first-order chi connectivity index (χ1) is 5.18. The Bertz CT molecular complexity index is 299. The summed E-state index contributed by atoms with van der Waals surface area (Å²) in [6, 6.07) is 3.20. The highest BCUT2D eigenvalue weighted by atomic mass is 35.5. The maximum Gasteiger partial charge on any atom is 0.144 e. The van der Waals surface area contributed by atoms with Gasteiger partial charge in [-0.1, -0.05) is 17.7 Å². The Hall–Kier alpha value is -0.610. The molecule has 0 spiro atoms. The standard InChI is InChI=1S/C6H6ClNO2S/c7-6-2-1-5(3-8-6)4-11(9)10/h1-3,11H,4H2. The van der Waals surface area contributed by atoms with Crippen LogP contribution in [0.25, 0.3) is 0 Å². The Morgan fingerprint density at radius 3 is 2.64 bits per heavy atom. The molecule has 1 heterocycles. The normalized spacial score (nSPS) is 10.4. The van der Waals surface area contributed by atoms with E-state index in [-0.39, 0.29) is 5.75 Å². The lowest BCUT2D eigenvalue weighted by Crippen LogP contribution is -1.87. The molecular weight excluding hydrogens is 186 g/mol. The number of halogens is 1. The van der Waals surface area contributed by atoms with E-state index in [0.29, 0.717) is 10.7 Å². The lowest BCUT2D eigenvalue weighted by Gasteiger charge is -1.92. The van der Waals surface area contributed by atoms with E-state index in [4.69, 9.17) is 11.6 Å². The van der Waals surface area contributed by atoms with E-state index in [1.165, 1.54) is 6.20 Å². The number of nitrogens with zero attached hydrogens (tertiary/aromatic N) is 1. The minimum Gasteiger partial charge on any atom is -0.244 e. The van der Waals surface area contributed by atoms with E-state index in [0.717, 1.165) is 0 Å². The van der Waals surface area contributed by atoms with Gasteiger partial charge in [-0.05, 0) is 11.6 Å². The van der Waals surface area contributed by atoms with E-state index in [2.05, 4.69) is 4.98 Å². The zero-order valence-electron chi connectivity index (χ0n) is 5.53. The Labute approximate surface area is 71.0 Å². The van der Waals surface area contributed by atoms with Gasteiger partial charge < -0.3 is 0 Å². The number of hydrogen-bond acceptors (Lipinski definition) is 3. The molecule has 0 saturated heterocycles. The monoisotopic (exact) mass is 191 g/mol. The summed E-state index contributed by atoms with van der Waals surface area (Å²) < 4.78 is 20.5. The van der Waals surface area contributed by atoms with Crippen molar-refractivity contribution in [3.05, 3.63) is 29.0 Å². The number of thiol groups is 1. The van der Waals surface area contributed by atoms with Crippen molar-refractivity contribution in [2.45, 2.75) is 5.75 Å². The smallest absolute Gasteiger partial charge is 0.144 e. The van der Waals surface area contributed by atoms with Gasteiger partial charge in [-0.25, -0.2) is 13.4 Å². The van der Waals surface area contributed by atoms with Crippen LogP contribution < -0.4 is 0 Å². The fourth-order valence-corrected chi connectivity index (χ4v) is 1.25. The highest BCUT2D eigenvalue weighted by Gasteiger charge is 1.93. The van der Waals surface area contributed by atoms with Crippen LogP contribution in [-0.4, -0.2) is 13.4 Å². The maximum absolute atomic E-state index is 10.2. The summed E-state index contributed by atoms with van der Waals surface area (Å²) in [5.41, 5.74) is 0.658. The summed E-state index contributed by atoms with van der Waals surface area (Å²) in [6.45, 7) is 0. The van der Waals surface area contributed by atoms with E-state index in [1.54, 1.807) is 12.1 Å². The Kier molecular flexibility index (Phi) is 2.84. The maximum atomic E-state index is 10.2. The van der Waals surface area contributed by atoms with Gasteiger partial charge in [0.05, 0.1) is 5.75 Å². The van der Waals surface area contributed by atoms with E-state index in [1.807, 2.05) is 0 Å². The molecule has 5 heteroatoms. The SMILES string of the molecule is O=[SH](=O)Cc1ccc(Cl)nc1. The van der Waals surface area contributed by atoms with Crippen LogP contribution in [0.2, 0.25) is 5.15 Å². The second kappa shape index (κ2) is 3.69. The zero-order chi connectivity index (χ0) is 8.27. The molecule has 1 rings (SSSR count). The molecule has 60 valence electrons. The van der Waals surface area contributed by atoms with E-state index < -0.39 is 10.7 Å². The quantitative estimate of drug-likeness (QED) is 0.557. The molecular formula is C6H6ClNO2S. The van der Waals surface area contributed by atoms with Crippen LogP contribution in [0.4, 0.5) is 0 Å². The average molecular weight is 192 g/mol. The molecule has 0 radical (unpaired) electrons. The Balaban J connectivity index is 2.82. The van der Waals surface area contributed by atoms with Crippen molar-refractivity contribution in [1.29, 1.82) is 0 Å². The molecule has 0 saturated carbocycles. The number of rotatable bonds is 2. The summed E-state index contributed by atoms with van der Waals surface area (Å²) in [5.74, 6) is 0.0273. The van der Waals surface area contributed by atoms with Crippen LogP contribution in [-0.2, 0) is 16.5 Å². The minimum absolute atomic E-state index is 0.0273. The summed E-state index contributed by atoms with van der Waals surface area (Å²) in [5, 5.41) is 0.370. The van der Waals surface area contributed by atoms with E-state index >= 15 is 0 Å². The second-order valence-electron chi connectivity index (χ2n) is 1.98. The van der Waals surface area contributed by atoms with Gasteiger partial charge in [0.15, 0.2) is 0 Å². The fraction of sp³-hybridized carbons (Fsp3) is 0.167.